The van der Waals surface area contributed by atoms with Gasteiger partial charge in [-0.1, -0.05) is 178 Å². The molecule has 0 saturated carbocycles. The number of nitrogens with zero attached hydrogens (tertiary/aromatic N) is 5. The van der Waals surface area contributed by atoms with E-state index >= 15 is 0 Å². The normalized spacial score (nSPS) is 13.2. The van der Waals surface area contributed by atoms with E-state index in [1.807, 2.05) is 18.2 Å². The summed E-state index contributed by atoms with van der Waals surface area (Å²) in [6.07, 6.45) is 0. The molecule has 0 radical (unpaired) electrons. The summed E-state index contributed by atoms with van der Waals surface area (Å²) >= 11 is 0. The highest BCUT2D eigenvalue weighted by atomic mass is 15.2. The molecule has 0 aliphatic heterocycles. The van der Waals surface area contributed by atoms with Gasteiger partial charge in [-0.15, -0.1) is 0 Å². The largest absolute Gasteiger partial charge is 0.309 e. The molecule has 14 rings (SSSR count). The number of para-hydroxylation sites is 2. The molecule has 304 valence electrons. The lowest BCUT2D eigenvalue weighted by molar-refractivity contribution is 0.660. The lowest BCUT2D eigenvalue weighted by Crippen LogP contribution is -2.15. The Morgan fingerprint density at radius 1 is 0.354 bits per heavy atom. The Bertz CT molecular complexity index is 4120. The van der Waals surface area contributed by atoms with E-state index in [2.05, 4.69) is 205 Å². The van der Waals surface area contributed by atoms with Crippen molar-refractivity contribution in [3.8, 4) is 45.5 Å². The molecule has 0 bridgehead atoms. The lowest BCUT2D eigenvalue weighted by atomic mass is 9.82. The van der Waals surface area contributed by atoms with E-state index in [-0.39, 0.29) is 5.41 Å². The van der Waals surface area contributed by atoms with Crippen molar-refractivity contribution in [1.82, 2.24) is 24.1 Å². The van der Waals surface area contributed by atoms with Gasteiger partial charge in [0, 0.05) is 43.8 Å². The molecule has 5 heteroatoms. The summed E-state index contributed by atoms with van der Waals surface area (Å²) in [4.78, 5) is 16.0. The zero-order valence-corrected chi connectivity index (χ0v) is 35.8. The molecule has 0 saturated heterocycles. The third kappa shape index (κ3) is 5.06. The molecule has 5 nitrogen and oxygen atoms in total. The molecule has 0 spiro atoms. The van der Waals surface area contributed by atoms with Gasteiger partial charge in [-0.05, 0) is 91.0 Å². The van der Waals surface area contributed by atoms with Crippen molar-refractivity contribution in [2.24, 2.45) is 0 Å². The van der Waals surface area contributed by atoms with Gasteiger partial charge < -0.3 is 4.57 Å². The molecule has 3 aromatic heterocycles. The van der Waals surface area contributed by atoms with Crippen LogP contribution in [0.5, 0.6) is 0 Å². The van der Waals surface area contributed by atoms with Gasteiger partial charge in [0.25, 0.3) is 0 Å². The SMILES string of the molecule is CC1(C)c2ccccc2-c2ccc(-c3nc(-c4ccccc4)nc(-n4c5ccccc5c5c4ccc4c6ccccc6n(-c6ccc7c8ccccc8c8ccccc8c7c6)c45)n3)cc21. The standard InChI is InChI=1S/C60H39N5/c1-60(2)50-25-13-10-22-44(50)45-30-28-37(34-51(45)60)58-61-57(36-16-4-3-5-17-36)62-59(63-58)65-53-27-15-12-24-48(53)55-54(65)33-32-47-46-23-11-14-26-52(46)64(56(47)55)38-29-31-43-41-20-7-6-18-39(41)40-19-8-9-21-42(40)49(43)35-38/h3-35H,1-2H3. The fraction of sp³-hybridized carbons (Fsp3) is 0.0500. The van der Waals surface area contributed by atoms with E-state index < -0.39 is 0 Å². The molecular weight excluding hydrogens is 791 g/mol. The van der Waals surface area contributed by atoms with Gasteiger partial charge in [0.2, 0.25) is 5.95 Å². The van der Waals surface area contributed by atoms with Crippen molar-refractivity contribution in [3.05, 3.63) is 211 Å². The van der Waals surface area contributed by atoms with Crippen LogP contribution in [0.3, 0.4) is 0 Å². The summed E-state index contributed by atoms with van der Waals surface area (Å²) in [6, 6.07) is 72.4. The van der Waals surface area contributed by atoms with Crippen molar-refractivity contribution in [3.63, 3.8) is 0 Å². The fourth-order valence-electron chi connectivity index (χ4n) is 11.2. The number of benzene rings is 10. The first kappa shape index (κ1) is 36.1. The van der Waals surface area contributed by atoms with Gasteiger partial charge in [-0.2, -0.15) is 9.97 Å². The molecule has 13 aromatic rings. The van der Waals surface area contributed by atoms with Crippen LogP contribution in [0.25, 0.3) is 121 Å². The van der Waals surface area contributed by atoms with Crippen LogP contribution in [-0.4, -0.2) is 24.1 Å². The van der Waals surface area contributed by atoms with E-state index in [1.165, 1.54) is 65.3 Å². The molecule has 0 N–H and O–H groups in total. The molecule has 0 amide bonds. The highest BCUT2D eigenvalue weighted by Crippen LogP contribution is 2.50. The lowest BCUT2D eigenvalue weighted by Gasteiger charge is -2.21. The van der Waals surface area contributed by atoms with Crippen molar-refractivity contribution in [2.75, 3.05) is 0 Å². The summed E-state index contributed by atoms with van der Waals surface area (Å²) < 4.78 is 4.72. The molecule has 65 heavy (non-hydrogen) atoms. The first-order chi connectivity index (χ1) is 32.0. The predicted octanol–water partition coefficient (Wildman–Crippen LogP) is 15.2. The molecular formula is C60H39N5. The maximum atomic E-state index is 5.42. The van der Waals surface area contributed by atoms with E-state index in [0.29, 0.717) is 17.6 Å². The topological polar surface area (TPSA) is 48.5 Å². The highest BCUT2D eigenvalue weighted by molar-refractivity contribution is 6.28. The van der Waals surface area contributed by atoms with E-state index in [4.69, 9.17) is 15.0 Å². The summed E-state index contributed by atoms with van der Waals surface area (Å²) in [5.41, 5.74) is 12.4. The molecule has 1 aliphatic rings. The maximum absolute atomic E-state index is 5.42. The van der Waals surface area contributed by atoms with E-state index in [9.17, 15) is 0 Å². The minimum absolute atomic E-state index is 0.164. The van der Waals surface area contributed by atoms with Gasteiger partial charge in [0.15, 0.2) is 11.6 Å². The number of aromatic nitrogens is 5. The van der Waals surface area contributed by atoms with Crippen LogP contribution in [0.15, 0.2) is 200 Å². The second-order valence-electron chi connectivity index (χ2n) is 18.0. The minimum atomic E-state index is -0.164. The summed E-state index contributed by atoms with van der Waals surface area (Å²) in [6.45, 7) is 4.63. The molecule has 1 aliphatic carbocycles. The number of fused-ring (bicyclic) bond motifs is 16. The summed E-state index contributed by atoms with van der Waals surface area (Å²) in [5, 5.41) is 12.2. The highest BCUT2D eigenvalue weighted by Gasteiger charge is 2.35. The van der Waals surface area contributed by atoms with Crippen LogP contribution in [0.1, 0.15) is 25.0 Å². The van der Waals surface area contributed by atoms with Gasteiger partial charge in [-0.25, -0.2) is 4.98 Å². The summed E-state index contributed by atoms with van der Waals surface area (Å²) in [7, 11) is 0. The van der Waals surface area contributed by atoms with Crippen LogP contribution in [-0.2, 0) is 5.41 Å². The first-order valence-electron chi connectivity index (χ1n) is 22.4. The first-order valence-corrected chi connectivity index (χ1v) is 22.4. The van der Waals surface area contributed by atoms with Crippen LogP contribution in [0.4, 0.5) is 0 Å². The molecule has 10 aromatic carbocycles. The van der Waals surface area contributed by atoms with Crippen LogP contribution < -0.4 is 0 Å². The average Bonchev–Trinajstić information content (AvgIpc) is 3.97. The minimum Gasteiger partial charge on any atom is -0.309 e. The molecule has 3 heterocycles. The average molecular weight is 830 g/mol. The Hall–Kier alpha value is -8.41. The fourth-order valence-corrected chi connectivity index (χ4v) is 11.2. The van der Waals surface area contributed by atoms with Gasteiger partial charge in [0.1, 0.15) is 0 Å². The summed E-state index contributed by atoms with van der Waals surface area (Å²) in [5.74, 6) is 1.85. The van der Waals surface area contributed by atoms with Gasteiger partial charge in [-0.3, -0.25) is 4.57 Å². The second kappa shape index (κ2) is 13.3. The van der Waals surface area contributed by atoms with Crippen LogP contribution >= 0.6 is 0 Å². The molecule has 0 fully saturated rings. The second-order valence-corrected chi connectivity index (χ2v) is 18.0. The smallest absolute Gasteiger partial charge is 0.238 e. The zero-order valence-electron chi connectivity index (χ0n) is 35.8. The number of rotatable bonds is 4. The Morgan fingerprint density at radius 2 is 0.908 bits per heavy atom. The molecule has 0 atom stereocenters. The zero-order chi connectivity index (χ0) is 43.0. The maximum Gasteiger partial charge on any atom is 0.238 e. The quantitative estimate of drug-likeness (QED) is 0.166. The Morgan fingerprint density at radius 3 is 1.65 bits per heavy atom. The third-order valence-corrected chi connectivity index (χ3v) is 14.2. The van der Waals surface area contributed by atoms with Crippen LogP contribution in [0.2, 0.25) is 0 Å². The van der Waals surface area contributed by atoms with Gasteiger partial charge >= 0.3 is 0 Å². The van der Waals surface area contributed by atoms with Crippen molar-refractivity contribution in [2.45, 2.75) is 19.3 Å². The van der Waals surface area contributed by atoms with Gasteiger partial charge in [0.05, 0.1) is 22.1 Å². The Kier molecular flexibility index (Phi) is 7.39. The Balaban J connectivity index is 1.05. The van der Waals surface area contributed by atoms with Crippen molar-refractivity contribution >= 4 is 75.9 Å². The van der Waals surface area contributed by atoms with E-state index in [0.717, 1.165) is 49.7 Å². The van der Waals surface area contributed by atoms with Crippen molar-refractivity contribution < 1.29 is 0 Å². The molecule has 0 unspecified atom stereocenters. The van der Waals surface area contributed by atoms with Crippen LogP contribution in [0, 0.1) is 0 Å². The Labute approximate surface area is 374 Å². The third-order valence-electron chi connectivity index (χ3n) is 14.2. The predicted molar refractivity (Wildman–Crippen MR) is 269 cm³/mol. The van der Waals surface area contributed by atoms with E-state index in [1.54, 1.807) is 0 Å². The number of hydrogen-bond donors (Lipinski definition) is 0. The monoisotopic (exact) mass is 829 g/mol. The number of hydrogen-bond acceptors (Lipinski definition) is 3. The van der Waals surface area contributed by atoms with Crippen molar-refractivity contribution in [1.29, 1.82) is 0 Å².